The van der Waals surface area contributed by atoms with Crippen LogP contribution in [0.5, 0.6) is 0 Å². The average Bonchev–Trinajstić information content (AvgIpc) is 2.62. The van der Waals surface area contributed by atoms with E-state index < -0.39 is 18.0 Å². The molecule has 0 radical (unpaired) electrons. The Labute approximate surface area is 164 Å². The summed E-state index contributed by atoms with van der Waals surface area (Å²) in [6.07, 6.45) is 14.1. The van der Waals surface area contributed by atoms with Crippen LogP contribution >= 0.6 is 0 Å². The summed E-state index contributed by atoms with van der Waals surface area (Å²) in [5, 5.41) is 20.2. The van der Waals surface area contributed by atoms with Gasteiger partial charge >= 0.3 is 11.9 Å². The van der Waals surface area contributed by atoms with E-state index >= 15 is 0 Å². The lowest BCUT2D eigenvalue weighted by molar-refractivity contribution is -0.143. The molecule has 1 amide bonds. The van der Waals surface area contributed by atoms with Gasteiger partial charge in [-0.05, 0) is 12.8 Å². The lowest BCUT2D eigenvalue weighted by Crippen LogP contribution is -2.43. The van der Waals surface area contributed by atoms with Gasteiger partial charge in [0.05, 0.1) is 0 Å². The molecule has 0 saturated heterocycles. The molecule has 0 saturated carbocycles. The first-order valence-corrected chi connectivity index (χ1v) is 10.6. The maximum absolute atomic E-state index is 12.1. The van der Waals surface area contributed by atoms with Gasteiger partial charge in [0, 0.05) is 12.3 Å². The van der Waals surface area contributed by atoms with Crippen LogP contribution in [0, 0.1) is 5.92 Å². The van der Waals surface area contributed by atoms with Crippen LogP contribution in [0.1, 0.15) is 104 Å². The van der Waals surface area contributed by atoms with Gasteiger partial charge in [-0.25, -0.2) is 4.79 Å². The second kappa shape index (κ2) is 16.6. The number of carbonyl (C=O) groups excluding carboxylic acids is 1. The first kappa shape index (κ1) is 25.4. The zero-order valence-electron chi connectivity index (χ0n) is 17.2. The van der Waals surface area contributed by atoms with E-state index in [9.17, 15) is 14.4 Å². The Morgan fingerprint density at radius 2 is 1.26 bits per heavy atom. The van der Waals surface area contributed by atoms with E-state index in [2.05, 4.69) is 12.2 Å². The van der Waals surface area contributed by atoms with Crippen molar-refractivity contribution >= 4 is 17.8 Å². The third-order valence-electron chi connectivity index (χ3n) is 4.95. The van der Waals surface area contributed by atoms with Gasteiger partial charge in [0.15, 0.2) is 0 Å². The summed E-state index contributed by atoms with van der Waals surface area (Å²) in [4.78, 5) is 33.8. The van der Waals surface area contributed by atoms with Crippen molar-refractivity contribution in [3.05, 3.63) is 0 Å². The van der Waals surface area contributed by atoms with Crippen LogP contribution in [0.3, 0.4) is 0 Å². The second-order valence-electron chi connectivity index (χ2n) is 7.56. The fraction of sp³-hybridized carbons (Fsp3) is 0.857. The van der Waals surface area contributed by atoms with Crippen LogP contribution in [0.25, 0.3) is 0 Å². The van der Waals surface area contributed by atoms with Crippen molar-refractivity contribution in [2.24, 2.45) is 5.92 Å². The van der Waals surface area contributed by atoms with Crippen molar-refractivity contribution in [3.63, 3.8) is 0 Å². The lowest BCUT2D eigenvalue weighted by atomic mass is 10.00. The van der Waals surface area contributed by atoms with Crippen molar-refractivity contribution in [1.29, 1.82) is 0 Å². The molecule has 6 nitrogen and oxygen atoms in total. The number of nitrogens with one attached hydrogen (secondary N) is 1. The van der Waals surface area contributed by atoms with Crippen molar-refractivity contribution in [1.82, 2.24) is 5.32 Å². The summed E-state index contributed by atoms with van der Waals surface area (Å²) < 4.78 is 0. The Kier molecular flexibility index (Phi) is 15.6. The first-order valence-electron chi connectivity index (χ1n) is 10.6. The number of hydrogen-bond acceptors (Lipinski definition) is 3. The Bertz CT molecular complexity index is 425. The Morgan fingerprint density at radius 1 is 0.778 bits per heavy atom. The van der Waals surface area contributed by atoms with E-state index in [1.54, 1.807) is 6.92 Å². The number of aliphatic carboxylic acids is 2. The lowest BCUT2D eigenvalue weighted by Gasteiger charge is -2.17. The predicted molar refractivity (Wildman–Crippen MR) is 107 cm³/mol. The summed E-state index contributed by atoms with van der Waals surface area (Å²) in [5.41, 5.74) is 0. The summed E-state index contributed by atoms with van der Waals surface area (Å²) in [6.45, 7) is 4.02. The monoisotopic (exact) mass is 385 g/mol. The molecule has 3 N–H and O–H groups in total. The van der Waals surface area contributed by atoms with Gasteiger partial charge in [-0.1, -0.05) is 84.5 Å². The minimum atomic E-state index is -1.19. The molecule has 0 aliphatic heterocycles. The predicted octanol–water partition coefficient (Wildman–Crippen LogP) is 4.76. The van der Waals surface area contributed by atoms with E-state index in [4.69, 9.17) is 10.2 Å². The van der Waals surface area contributed by atoms with Gasteiger partial charge in [-0.15, -0.1) is 0 Å². The number of carboxylic acids is 2. The summed E-state index contributed by atoms with van der Waals surface area (Å²) in [7, 11) is 0. The minimum absolute atomic E-state index is 0.0957. The van der Waals surface area contributed by atoms with Crippen LogP contribution in [0.15, 0.2) is 0 Å². The molecular formula is C21H39NO5. The Morgan fingerprint density at radius 3 is 1.70 bits per heavy atom. The molecule has 0 bridgehead atoms. The van der Waals surface area contributed by atoms with E-state index in [-0.39, 0.29) is 24.7 Å². The third kappa shape index (κ3) is 15.2. The smallest absolute Gasteiger partial charge is 0.326 e. The number of amides is 1. The van der Waals surface area contributed by atoms with E-state index in [0.29, 0.717) is 0 Å². The topological polar surface area (TPSA) is 104 Å². The van der Waals surface area contributed by atoms with Crippen molar-refractivity contribution < 1.29 is 24.6 Å². The van der Waals surface area contributed by atoms with Crippen LogP contribution < -0.4 is 5.32 Å². The molecular weight excluding hydrogens is 346 g/mol. The molecule has 27 heavy (non-hydrogen) atoms. The van der Waals surface area contributed by atoms with Gasteiger partial charge in [0.2, 0.25) is 5.91 Å². The number of carboxylic acid groups (broad SMARTS) is 2. The maximum Gasteiger partial charge on any atom is 0.326 e. The molecule has 158 valence electrons. The zero-order valence-corrected chi connectivity index (χ0v) is 17.2. The molecule has 0 aliphatic carbocycles. The quantitative estimate of drug-likeness (QED) is 0.295. The van der Waals surface area contributed by atoms with Crippen LogP contribution in [0.2, 0.25) is 0 Å². The number of rotatable bonds is 18. The largest absolute Gasteiger partial charge is 0.481 e. The summed E-state index contributed by atoms with van der Waals surface area (Å²) in [6, 6.07) is -1.13. The molecule has 0 spiro atoms. The zero-order chi connectivity index (χ0) is 20.5. The highest BCUT2D eigenvalue weighted by Crippen LogP contribution is 2.14. The van der Waals surface area contributed by atoms with Gasteiger partial charge in [0.25, 0.3) is 0 Å². The highest BCUT2D eigenvalue weighted by atomic mass is 16.4. The molecule has 2 atom stereocenters. The fourth-order valence-electron chi connectivity index (χ4n) is 3.09. The Hall–Kier alpha value is -1.59. The molecule has 0 heterocycles. The Balaban J connectivity index is 3.75. The number of hydrogen-bond donors (Lipinski definition) is 3. The van der Waals surface area contributed by atoms with Crippen molar-refractivity contribution in [2.75, 3.05) is 0 Å². The van der Waals surface area contributed by atoms with Gasteiger partial charge in [0.1, 0.15) is 6.04 Å². The van der Waals surface area contributed by atoms with Gasteiger partial charge < -0.3 is 15.5 Å². The number of unbranched alkanes of at least 4 members (excludes halogenated alkanes) is 10. The van der Waals surface area contributed by atoms with Crippen molar-refractivity contribution in [3.8, 4) is 0 Å². The SMILES string of the molecule is CCCCCCCCCCCCC[C@@H](C)C(=O)N[C@@H](CCC(=O)O)C(=O)O. The van der Waals surface area contributed by atoms with Crippen LogP contribution in [0.4, 0.5) is 0 Å². The standard InChI is InChI=1S/C21H39NO5/c1-3-4-5-6-7-8-9-10-11-12-13-14-17(2)20(25)22-18(21(26)27)15-16-19(23)24/h17-18H,3-16H2,1-2H3,(H,22,25)(H,23,24)(H,26,27)/t17-,18+/m1/s1. The van der Waals surface area contributed by atoms with Gasteiger partial charge in [-0.3, -0.25) is 9.59 Å². The molecule has 0 unspecified atom stereocenters. The molecule has 0 rings (SSSR count). The van der Waals surface area contributed by atoms with Crippen LogP contribution in [-0.2, 0) is 14.4 Å². The average molecular weight is 386 g/mol. The molecule has 0 aromatic rings. The van der Waals surface area contributed by atoms with E-state index in [1.807, 2.05) is 0 Å². The highest BCUT2D eigenvalue weighted by Gasteiger charge is 2.23. The summed E-state index contributed by atoms with van der Waals surface area (Å²) in [5.74, 6) is -2.81. The van der Waals surface area contributed by atoms with Crippen LogP contribution in [-0.4, -0.2) is 34.1 Å². The molecule has 0 aromatic carbocycles. The highest BCUT2D eigenvalue weighted by molar-refractivity contribution is 5.85. The van der Waals surface area contributed by atoms with E-state index in [0.717, 1.165) is 19.3 Å². The molecule has 0 aromatic heterocycles. The molecule has 6 heteroatoms. The number of carbonyl (C=O) groups is 3. The normalized spacial score (nSPS) is 13.1. The van der Waals surface area contributed by atoms with Crippen molar-refractivity contribution in [2.45, 2.75) is 110 Å². The molecule has 0 fully saturated rings. The minimum Gasteiger partial charge on any atom is -0.481 e. The fourth-order valence-corrected chi connectivity index (χ4v) is 3.09. The summed E-state index contributed by atoms with van der Waals surface area (Å²) >= 11 is 0. The van der Waals surface area contributed by atoms with Gasteiger partial charge in [-0.2, -0.15) is 0 Å². The first-order chi connectivity index (χ1) is 12.9. The second-order valence-corrected chi connectivity index (χ2v) is 7.56. The third-order valence-corrected chi connectivity index (χ3v) is 4.95. The maximum atomic E-state index is 12.1. The molecule has 0 aliphatic rings. The van der Waals surface area contributed by atoms with E-state index in [1.165, 1.54) is 57.8 Å².